The van der Waals surface area contributed by atoms with Crippen molar-refractivity contribution in [3.63, 3.8) is 0 Å². The van der Waals surface area contributed by atoms with Gasteiger partial charge in [-0.3, -0.25) is 4.79 Å². The van der Waals surface area contributed by atoms with Gasteiger partial charge in [0.15, 0.2) is 0 Å². The number of hydrogen-bond acceptors (Lipinski definition) is 2. The molecule has 1 aromatic heterocycles. The van der Waals surface area contributed by atoms with Crippen LogP contribution in [0, 0.1) is 6.92 Å². The van der Waals surface area contributed by atoms with E-state index in [1.807, 2.05) is 60.3 Å². The molecular formula is C17H14N2O. The zero-order valence-electron chi connectivity index (χ0n) is 11.2. The summed E-state index contributed by atoms with van der Waals surface area (Å²) in [6.45, 7) is 2.04. The van der Waals surface area contributed by atoms with Gasteiger partial charge in [0.1, 0.15) is 12.6 Å². The average molecular weight is 262 g/mol. The van der Waals surface area contributed by atoms with E-state index < -0.39 is 0 Å². The van der Waals surface area contributed by atoms with Gasteiger partial charge in [0.2, 0.25) is 0 Å². The number of imidazole rings is 1. The molecule has 98 valence electrons. The molecule has 3 aromatic rings. The molecule has 0 bridgehead atoms. The van der Waals surface area contributed by atoms with Gasteiger partial charge in [0.25, 0.3) is 0 Å². The smallest absolute Gasteiger partial charge is 0.150 e. The fraction of sp³-hybridized carbons (Fsp3) is 0.0588. The highest BCUT2D eigenvalue weighted by molar-refractivity contribution is 5.75. The fourth-order valence-electron chi connectivity index (χ4n) is 2.26. The molecule has 0 saturated heterocycles. The van der Waals surface area contributed by atoms with E-state index in [0.29, 0.717) is 5.56 Å². The van der Waals surface area contributed by atoms with Crippen molar-refractivity contribution in [3.8, 4) is 16.9 Å². The second-order valence-electron chi connectivity index (χ2n) is 4.62. The Bertz CT molecular complexity index is 727. The summed E-state index contributed by atoms with van der Waals surface area (Å²) in [4.78, 5) is 15.2. The van der Waals surface area contributed by atoms with Crippen molar-refractivity contribution in [1.29, 1.82) is 0 Å². The summed E-state index contributed by atoms with van der Waals surface area (Å²) in [6, 6.07) is 17.6. The van der Waals surface area contributed by atoms with E-state index in [9.17, 15) is 4.79 Å². The topological polar surface area (TPSA) is 34.9 Å². The van der Waals surface area contributed by atoms with Gasteiger partial charge < -0.3 is 4.57 Å². The fourth-order valence-corrected chi connectivity index (χ4v) is 2.26. The first-order chi connectivity index (χ1) is 9.79. The van der Waals surface area contributed by atoms with Crippen LogP contribution in [0.5, 0.6) is 0 Å². The number of carbonyl (C=O) groups is 1. The van der Waals surface area contributed by atoms with Crippen molar-refractivity contribution in [3.05, 3.63) is 72.2 Å². The molecular weight excluding hydrogens is 248 g/mol. The summed E-state index contributed by atoms with van der Waals surface area (Å²) in [7, 11) is 0. The molecule has 0 aliphatic carbocycles. The minimum Gasteiger partial charge on any atom is -0.303 e. The Labute approximate surface area is 117 Å². The second kappa shape index (κ2) is 5.13. The van der Waals surface area contributed by atoms with E-state index in [-0.39, 0.29) is 0 Å². The quantitative estimate of drug-likeness (QED) is 0.675. The molecule has 0 unspecified atom stereocenters. The lowest BCUT2D eigenvalue weighted by atomic mass is 10.1. The monoisotopic (exact) mass is 262 g/mol. The lowest BCUT2D eigenvalue weighted by Gasteiger charge is -2.06. The molecule has 3 nitrogen and oxygen atoms in total. The first kappa shape index (κ1) is 12.4. The van der Waals surface area contributed by atoms with Crippen LogP contribution in [0.2, 0.25) is 0 Å². The highest BCUT2D eigenvalue weighted by atomic mass is 16.1. The summed E-state index contributed by atoms with van der Waals surface area (Å²) in [5.41, 5.74) is 4.84. The molecule has 0 aliphatic heterocycles. The van der Waals surface area contributed by atoms with Gasteiger partial charge in [-0.05, 0) is 31.2 Å². The van der Waals surface area contributed by atoms with Crippen LogP contribution >= 0.6 is 0 Å². The number of aldehydes is 1. The molecule has 3 rings (SSSR count). The Morgan fingerprint density at radius 1 is 1.00 bits per heavy atom. The van der Waals surface area contributed by atoms with Crippen molar-refractivity contribution in [2.45, 2.75) is 6.92 Å². The molecule has 3 heteroatoms. The van der Waals surface area contributed by atoms with Crippen LogP contribution in [0.3, 0.4) is 0 Å². The van der Waals surface area contributed by atoms with Crippen LogP contribution in [0.15, 0.2) is 60.9 Å². The van der Waals surface area contributed by atoms with Gasteiger partial charge in [0.05, 0.1) is 5.69 Å². The highest BCUT2D eigenvalue weighted by Crippen LogP contribution is 2.23. The summed E-state index contributed by atoms with van der Waals surface area (Å²) in [6.07, 6.45) is 2.66. The van der Waals surface area contributed by atoms with E-state index in [1.54, 1.807) is 0 Å². The number of benzene rings is 2. The molecule has 20 heavy (non-hydrogen) atoms. The van der Waals surface area contributed by atoms with Gasteiger partial charge in [-0.1, -0.05) is 30.3 Å². The lowest BCUT2D eigenvalue weighted by molar-refractivity contribution is 0.112. The first-order valence-corrected chi connectivity index (χ1v) is 6.44. The van der Waals surface area contributed by atoms with E-state index in [2.05, 4.69) is 17.1 Å². The minimum absolute atomic E-state index is 0.676. The average Bonchev–Trinajstić information content (AvgIpc) is 2.90. The molecule has 0 amide bonds. The van der Waals surface area contributed by atoms with E-state index in [4.69, 9.17) is 0 Å². The molecule has 0 spiro atoms. The van der Waals surface area contributed by atoms with Gasteiger partial charge in [-0.25, -0.2) is 4.98 Å². The number of carbonyl (C=O) groups excluding carboxylic acids is 1. The maximum atomic E-state index is 10.7. The van der Waals surface area contributed by atoms with Crippen LogP contribution in [-0.4, -0.2) is 15.8 Å². The van der Waals surface area contributed by atoms with Crippen LogP contribution in [-0.2, 0) is 0 Å². The normalized spacial score (nSPS) is 10.4. The summed E-state index contributed by atoms with van der Waals surface area (Å²) >= 11 is 0. The third-order valence-corrected chi connectivity index (χ3v) is 3.36. The van der Waals surface area contributed by atoms with Crippen molar-refractivity contribution < 1.29 is 4.79 Å². The van der Waals surface area contributed by atoms with Crippen molar-refractivity contribution >= 4 is 6.29 Å². The Kier molecular flexibility index (Phi) is 3.17. The van der Waals surface area contributed by atoms with Gasteiger partial charge >= 0.3 is 0 Å². The predicted octanol–water partition coefficient (Wildman–Crippen LogP) is 3.66. The molecule has 0 fully saturated rings. The summed E-state index contributed by atoms with van der Waals surface area (Å²) < 4.78 is 2.02. The summed E-state index contributed by atoms with van der Waals surface area (Å²) in [5.74, 6) is 0. The standard InChI is InChI=1S/C17H14N2O/c1-13-17(15-5-3-2-4-6-15)18-12-19(13)16-9-7-14(11-20)8-10-16/h2-12H,1H3. The first-order valence-electron chi connectivity index (χ1n) is 6.44. The molecule has 1 heterocycles. The SMILES string of the molecule is Cc1c(-c2ccccc2)ncn1-c1ccc(C=O)cc1. The summed E-state index contributed by atoms with van der Waals surface area (Å²) in [5, 5.41) is 0. The van der Waals surface area contributed by atoms with Crippen LogP contribution in [0.4, 0.5) is 0 Å². The Morgan fingerprint density at radius 2 is 1.70 bits per heavy atom. The van der Waals surface area contributed by atoms with Crippen molar-refractivity contribution in [2.24, 2.45) is 0 Å². The maximum Gasteiger partial charge on any atom is 0.150 e. The third kappa shape index (κ3) is 2.14. The molecule has 0 N–H and O–H groups in total. The molecule has 2 aromatic carbocycles. The molecule has 0 saturated carbocycles. The van der Waals surface area contributed by atoms with Crippen LogP contribution in [0.25, 0.3) is 16.9 Å². The maximum absolute atomic E-state index is 10.7. The lowest BCUT2D eigenvalue weighted by Crippen LogP contribution is -1.95. The number of hydrogen-bond donors (Lipinski definition) is 0. The number of rotatable bonds is 3. The molecule has 0 radical (unpaired) electrons. The van der Waals surface area contributed by atoms with Crippen molar-refractivity contribution in [1.82, 2.24) is 9.55 Å². The van der Waals surface area contributed by atoms with Crippen LogP contribution in [0.1, 0.15) is 16.1 Å². The van der Waals surface area contributed by atoms with Gasteiger partial charge in [0, 0.05) is 22.5 Å². The Hall–Kier alpha value is -2.68. The Morgan fingerprint density at radius 3 is 2.35 bits per heavy atom. The molecule has 0 aliphatic rings. The largest absolute Gasteiger partial charge is 0.303 e. The van der Waals surface area contributed by atoms with E-state index >= 15 is 0 Å². The van der Waals surface area contributed by atoms with Crippen molar-refractivity contribution in [2.75, 3.05) is 0 Å². The molecule has 0 atom stereocenters. The van der Waals surface area contributed by atoms with E-state index in [1.165, 1.54) is 0 Å². The minimum atomic E-state index is 0.676. The zero-order valence-corrected chi connectivity index (χ0v) is 11.2. The third-order valence-electron chi connectivity index (χ3n) is 3.36. The van der Waals surface area contributed by atoms with Gasteiger partial charge in [-0.2, -0.15) is 0 Å². The predicted molar refractivity (Wildman–Crippen MR) is 79.1 cm³/mol. The zero-order chi connectivity index (χ0) is 13.9. The number of aromatic nitrogens is 2. The highest BCUT2D eigenvalue weighted by Gasteiger charge is 2.09. The number of nitrogens with zero attached hydrogens (tertiary/aromatic N) is 2. The van der Waals surface area contributed by atoms with E-state index in [0.717, 1.165) is 28.9 Å². The Balaban J connectivity index is 2.03. The van der Waals surface area contributed by atoms with Gasteiger partial charge in [-0.15, -0.1) is 0 Å². The second-order valence-corrected chi connectivity index (χ2v) is 4.62. The van der Waals surface area contributed by atoms with Crippen LogP contribution < -0.4 is 0 Å².